The summed E-state index contributed by atoms with van der Waals surface area (Å²) in [6, 6.07) is 0. The van der Waals surface area contributed by atoms with Crippen molar-refractivity contribution in [2.75, 3.05) is 13.1 Å². The van der Waals surface area contributed by atoms with Crippen molar-refractivity contribution in [2.24, 2.45) is 16.7 Å². The maximum Gasteiger partial charge on any atom is 0.228 e. The molecule has 0 radical (unpaired) electrons. The van der Waals surface area contributed by atoms with Gasteiger partial charge in [-0.3, -0.25) is 4.79 Å². The monoisotopic (exact) mass is 356 g/mol. The molecule has 2 heterocycles. The van der Waals surface area contributed by atoms with E-state index in [1.54, 1.807) is 0 Å². The summed E-state index contributed by atoms with van der Waals surface area (Å²) in [5, 5.41) is 8.81. The Labute approximate surface area is 156 Å². The van der Waals surface area contributed by atoms with Crippen LogP contribution in [0.1, 0.15) is 82.9 Å². The summed E-state index contributed by atoms with van der Waals surface area (Å²) >= 11 is 0. The second-order valence-electron chi connectivity index (χ2n) is 9.86. The fraction of sp³-hybridized carbons (Fsp3) is 0.857. The Morgan fingerprint density at radius 2 is 1.92 bits per heavy atom. The molecular formula is C21H32N4O. The lowest BCUT2D eigenvalue weighted by molar-refractivity contribution is -0.142. The highest BCUT2D eigenvalue weighted by atomic mass is 16.2. The van der Waals surface area contributed by atoms with Gasteiger partial charge >= 0.3 is 0 Å². The average Bonchev–Trinajstić information content (AvgIpc) is 3.15. The van der Waals surface area contributed by atoms with Crippen LogP contribution in [-0.4, -0.2) is 38.7 Å². The quantitative estimate of drug-likeness (QED) is 0.825. The van der Waals surface area contributed by atoms with E-state index in [1.165, 1.54) is 51.4 Å². The van der Waals surface area contributed by atoms with Crippen LogP contribution < -0.4 is 0 Å². The Kier molecular flexibility index (Phi) is 3.91. The molecule has 1 atom stereocenters. The van der Waals surface area contributed by atoms with Crippen LogP contribution in [0.5, 0.6) is 0 Å². The smallest absolute Gasteiger partial charge is 0.228 e. The lowest BCUT2D eigenvalue weighted by Crippen LogP contribution is -2.44. The van der Waals surface area contributed by atoms with E-state index in [9.17, 15) is 4.79 Å². The summed E-state index contributed by atoms with van der Waals surface area (Å²) in [6.45, 7) is 5.09. The van der Waals surface area contributed by atoms with Crippen molar-refractivity contribution in [1.82, 2.24) is 19.7 Å². The summed E-state index contributed by atoms with van der Waals surface area (Å²) in [5.74, 6) is 2.77. The molecule has 142 valence electrons. The van der Waals surface area contributed by atoms with Crippen molar-refractivity contribution >= 4 is 5.91 Å². The van der Waals surface area contributed by atoms with Crippen LogP contribution in [0.15, 0.2) is 6.33 Å². The van der Waals surface area contributed by atoms with Gasteiger partial charge in [-0.1, -0.05) is 32.6 Å². The maximum absolute atomic E-state index is 13.4. The molecule has 26 heavy (non-hydrogen) atoms. The lowest BCUT2D eigenvalue weighted by Gasteiger charge is -2.42. The second-order valence-corrected chi connectivity index (χ2v) is 9.86. The Bertz CT molecular complexity index is 682. The molecule has 3 saturated carbocycles. The largest absolute Gasteiger partial charge is 0.341 e. The zero-order chi connectivity index (χ0) is 17.8. The summed E-state index contributed by atoms with van der Waals surface area (Å²) in [6.07, 6.45) is 14.2. The van der Waals surface area contributed by atoms with E-state index in [0.29, 0.717) is 11.8 Å². The topological polar surface area (TPSA) is 51.0 Å². The third-order valence-corrected chi connectivity index (χ3v) is 7.87. The highest BCUT2D eigenvalue weighted by Crippen LogP contribution is 2.56. The van der Waals surface area contributed by atoms with Crippen LogP contribution in [-0.2, 0) is 11.3 Å². The molecule has 5 rings (SSSR count). The zero-order valence-electron chi connectivity index (χ0n) is 16.1. The average molecular weight is 357 g/mol. The summed E-state index contributed by atoms with van der Waals surface area (Å²) in [4.78, 5) is 15.6. The number of carbonyl (C=O) groups is 1. The van der Waals surface area contributed by atoms with Crippen molar-refractivity contribution in [3.63, 3.8) is 0 Å². The second kappa shape index (κ2) is 6.07. The summed E-state index contributed by atoms with van der Waals surface area (Å²) < 4.78 is 2.30. The van der Waals surface area contributed by atoms with Gasteiger partial charge in [0.2, 0.25) is 5.91 Å². The first-order valence-electron chi connectivity index (χ1n) is 10.8. The Hall–Kier alpha value is -1.39. The number of hydrogen-bond donors (Lipinski definition) is 0. The molecule has 5 heteroatoms. The van der Waals surface area contributed by atoms with Gasteiger partial charge in [0.15, 0.2) is 0 Å². The molecule has 4 aliphatic rings. The molecule has 0 aromatic carbocycles. The summed E-state index contributed by atoms with van der Waals surface area (Å²) in [7, 11) is 0. The molecule has 3 aliphatic carbocycles. The Balaban J connectivity index is 1.38. The SMILES string of the molecule is CC1(C(=O)N2CC(c3nncn3CC3CC3)C3(CCC3)C2)CCCCC1. The first-order chi connectivity index (χ1) is 12.6. The van der Waals surface area contributed by atoms with Crippen LogP contribution in [0.25, 0.3) is 0 Å². The molecule has 1 aliphatic heterocycles. The van der Waals surface area contributed by atoms with E-state index in [2.05, 4.69) is 26.6 Å². The van der Waals surface area contributed by atoms with Gasteiger partial charge in [0.25, 0.3) is 0 Å². The van der Waals surface area contributed by atoms with Gasteiger partial charge in [0.05, 0.1) is 0 Å². The highest BCUT2D eigenvalue weighted by molar-refractivity contribution is 5.83. The fourth-order valence-electron chi connectivity index (χ4n) is 5.80. The van der Waals surface area contributed by atoms with Crippen LogP contribution in [0.3, 0.4) is 0 Å². The first kappa shape index (κ1) is 16.8. The molecule has 5 nitrogen and oxygen atoms in total. The fourth-order valence-corrected chi connectivity index (χ4v) is 5.80. The van der Waals surface area contributed by atoms with Gasteiger partial charge in [-0.25, -0.2) is 0 Å². The third kappa shape index (κ3) is 2.69. The van der Waals surface area contributed by atoms with Crippen molar-refractivity contribution in [3.8, 4) is 0 Å². The third-order valence-electron chi connectivity index (χ3n) is 7.87. The predicted octanol–water partition coefficient (Wildman–Crippen LogP) is 3.75. The molecule has 1 aromatic heterocycles. The maximum atomic E-state index is 13.4. The number of amides is 1. The standard InChI is InChI=1S/C21H32N4O/c1-20(8-3-2-4-9-20)19(26)24-13-17(21(14-24)10-5-11-21)18-23-22-15-25(18)12-16-6-7-16/h15-17H,2-14H2,1H3. The number of hydrogen-bond acceptors (Lipinski definition) is 3. The van der Waals surface area contributed by atoms with E-state index in [-0.39, 0.29) is 10.8 Å². The van der Waals surface area contributed by atoms with Crippen LogP contribution >= 0.6 is 0 Å². The molecule has 1 unspecified atom stereocenters. The van der Waals surface area contributed by atoms with Gasteiger partial charge < -0.3 is 9.47 Å². The highest BCUT2D eigenvalue weighted by Gasteiger charge is 2.55. The first-order valence-corrected chi connectivity index (χ1v) is 10.8. The molecule has 0 N–H and O–H groups in total. The minimum atomic E-state index is -0.125. The van der Waals surface area contributed by atoms with E-state index in [0.717, 1.165) is 44.2 Å². The van der Waals surface area contributed by atoms with Crippen molar-refractivity contribution < 1.29 is 4.79 Å². The van der Waals surface area contributed by atoms with Gasteiger partial charge in [0.1, 0.15) is 12.2 Å². The number of carbonyl (C=O) groups excluding carboxylic acids is 1. The van der Waals surface area contributed by atoms with E-state index in [4.69, 9.17) is 0 Å². The van der Waals surface area contributed by atoms with Crippen molar-refractivity contribution in [1.29, 1.82) is 0 Å². The molecule has 1 spiro atoms. The molecule has 1 aromatic rings. The van der Waals surface area contributed by atoms with Crippen molar-refractivity contribution in [3.05, 3.63) is 12.2 Å². The molecule has 0 bridgehead atoms. The molecule has 1 saturated heterocycles. The van der Waals surface area contributed by atoms with Gasteiger partial charge in [0, 0.05) is 31.0 Å². The normalized spacial score (nSPS) is 29.7. The minimum Gasteiger partial charge on any atom is -0.341 e. The van der Waals surface area contributed by atoms with E-state index < -0.39 is 0 Å². The van der Waals surface area contributed by atoms with Crippen LogP contribution in [0.2, 0.25) is 0 Å². The van der Waals surface area contributed by atoms with Gasteiger partial charge in [-0.15, -0.1) is 10.2 Å². The summed E-state index contributed by atoms with van der Waals surface area (Å²) in [5.41, 5.74) is 0.148. The van der Waals surface area contributed by atoms with Crippen LogP contribution in [0.4, 0.5) is 0 Å². The van der Waals surface area contributed by atoms with Crippen molar-refractivity contribution in [2.45, 2.75) is 83.6 Å². The lowest BCUT2D eigenvalue weighted by atomic mass is 9.62. The van der Waals surface area contributed by atoms with E-state index in [1.807, 2.05) is 6.33 Å². The Morgan fingerprint density at radius 1 is 1.15 bits per heavy atom. The molecular weight excluding hydrogens is 324 g/mol. The number of aromatic nitrogens is 3. The zero-order valence-corrected chi connectivity index (χ0v) is 16.1. The van der Waals surface area contributed by atoms with Gasteiger partial charge in [-0.2, -0.15) is 0 Å². The minimum absolute atomic E-state index is 0.125. The number of likely N-dealkylation sites (tertiary alicyclic amines) is 1. The van der Waals surface area contributed by atoms with E-state index >= 15 is 0 Å². The Morgan fingerprint density at radius 3 is 2.58 bits per heavy atom. The van der Waals surface area contributed by atoms with Crippen LogP contribution in [0, 0.1) is 16.7 Å². The molecule has 4 fully saturated rings. The molecule has 1 amide bonds. The predicted molar refractivity (Wildman–Crippen MR) is 99.5 cm³/mol. The number of nitrogens with zero attached hydrogens (tertiary/aromatic N) is 4. The number of rotatable bonds is 4. The van der Waals surface area contributed by atoms with Gasteiger partial charge in [-0.05, 0) is 49.9 Å².